The summed E-state index contributed by atoms with van der Waals surface area (Å²) in [6.07, 6.45) is 0.875. The van der Waals surface area contributed by atoms with Crippen molar-refractivity contribution in [3.8, 4) is 22.6 Å². The summed E-state index contributed by atoms with van der Waals surface area (Å²) in [6.45, 7) is 0.553. The van der Waals surface area contributed by atoms with Gasteiger partial charge in [-0.15, -0.1) is 0 Å². The van der Waals surface area contributed by atoms with Crippen molar-refractivity contribution >= 4 is 22.6 Å². The lowest BCUT2D eigenvalue weighted by atomic mass is 9.94. The summed E-state index contributed by atoms with van der Waals surface area (Å²) in [5.74, 6) is -0.271. The van der Waals surface area contributed by atoms with Crippen LogP contribution in [0.5, 0.6) is 11.5 Å². The van der Waals surface area contributed by atoms with Crippen molar-refractivity contribution in [1.29, 1.82) is 0 Å². The van der Waals surface area contributed by atoms with E-state index in [2.05, 4.69) is 0 Å². The van der Waals surface area contributed by atoms with Gasteiger partial charge in [0.1, 0.15) is 29.0 Å². The van der Waals surface area contributed by atoms with E-state index < -0.39 is 17.9 Å². The average molecular weight is 477 g/mol. The van der Waals surface area contributed by atoms with E-state index in [1.807, 2.05) is 30.1 Å². The lowest BCUT2D eigenvalue weighted by Crippen LogP contribution is -2.33. The molecule has 1 aliphatic rings. The molecule has 2 heterocycles. The van der Waals surface area contributed by atoms with Crippen molar-refractivity contribution in [2.75, 3.05) is 25.6 Å². The lowest BCUT2D eigenvalue weighted by molar-refractivity contribution is -0.136. The largest absolute Gasteiger partial charge is 0.496 e. The minimum atomic E-state index is -0.943. The van der Waals surface area contributed by atoms with Crippen LogP contribution in [0, 0.1) is 5.82 Å². The number of fused-ring (bicyclic) bond motifs is 2. The molecule has 1 aliphatic heterocycles. The topological polar surface area (TPSA) is 98.2 Å². The van der Waals surface area contributed by atoms with Crippen molar-refractivity contribution in [3.05, 3.63) is 77.3 Å². The van der Waals surface area contributed by atoms with Crippen LogP contribution in [0.4, 0.5) is 10.1 Å². The first-order valence-electron chi connectivity index (χ1n) is 11.2. The fourth-order valence-electron chi connectivity index (χ4n) is 4.75. The second kappa shape index (κ2) is 8.96. The molecule has 1 atom stereocenters. The number of halogens is 1. The van der Waals surface area contributed by atoms with Crippen molar-refractivity contribution < 1.29 is 28.2 Å². The molecule has 0 saturated heterocycles. The molecular weight excluding hydrogens is 451 g/mol. The number of benzene rings is 3. The van der Waals surface area contributed by atoms with E-state index in [1.165, 1.54) is 0 Å². The number of carboxylic acid groups (broad SMARTS) is 1. The van der Waals surface area contributed by atoms with Crippen molar-refractivity contribution in [1.82, 2.24) is 0 Å². The highest BCUT2D eigenvalue weighted by Gasteiger charge is 2.31. The number of carbonyl (C=O) groups is 1. The van der Waals surface area contributed by atoms with Gasteiger partial charge in [-0.05, 0) is 18.2 Å². The molecule has 35 heavy (non-hydrogen) atoms. The molecule has 5 rings (SSSR count). The molecule has 3 aromatic carbocycles. The summed E-state index contributed by atoms with van der Waals surface area (Å²) < 4.78 is 33.3. The van der Waals surface area contributed by atoms with Crippen LogP contribution in [0.3, 0.4) is 0 Å². The summed E-state index contributed by atoms with van der Waals surface area (Å²) in [5.41, 5.74) is 9.66. The number of ether oxygens (including phenoxy) is 2. The van der Waals surface area contributed by atoms with Gasteiger partial charge in [-0.2, -0.15) is 0 Å². The van der Waals surface area contributed by atoms with Gasteiger partial charge in [0.25, 0.3) is 0 Å². The van der Waals surface area contributed by atoms with Crippen molar-refractivity contribution in [2.24, 2.45) is 5.73 Å². The average Bonchev–Trinajstić information content (AvgIpc) is 3.33. The van der Waals surface area contributed by atoms with Crippen LogP contribution in [0.1, 0.15) is 22.8 Å². The molecule has 0 aliphatic carbocycles. The SMILES string of the molecule is COc1c(C2CN(C)c3cccc(CC(=O)O)c3O2)cc(-c2cccc(CN)c2F)c2occc12. The normalized spacial score (nSPS) is 15.1. The zero-order valence-corrected chi connectivity index (χ0v) is 19.4. The van der Waals surface area contributed by atoms with Gasteiger partial charge in [0.2, 0.25) is 0 Å². The molecule has 0 saturated carbocycles. The number of carboxylic acids is 1. The maximum atomic E-state index is 15.3. The summed E-state index contributed by atoms with van der Waals surface area (Å²) >= 11 is 0. The Bertz CT molecular complexity index is 1430. The summed E-state index contributed by atoms with van der Waals surface area (Å²) in [7, 11) is 3.49. The highest BCUT2D eigenvalue weighted by molar-refractivity contribution is 5.98. The molecule has 7 nitrogen and oxygen atoms in total. The van der Waals surface area contributed by atoms with Gasteiger partial charge < -0.3 is 29.6 Å². The number of aliphatic carboxylic acids is 1. The van der Waals surface area contributed by atoms with Gasteiger partial charge in [0.15, 0.2) is 0 Å². The predicted octanol–water partition coefficient (Wildman–Crippen LogP) is 4.90. The number of methoxy groups -OCH3 is 1. The van der Waals surface area contributed by atoms with Gasteiger partial charge in [-0.3, -0.25) is 4.79 Å². The Balaban J connectivity index is 1.69. The highest BCUT2D eigenvalue weighted by Crippen LogP contribution is 2.46. The molecular formula is C27H25FN2O5. The Morgan fingerprint density at radius 3 is 2.71 bits per heavy atom. The van der Waals surface area contributed by atoms with Crippen LogP contribution >= 0.6 is 0 Å². The third-order valence-corrected chi connectivity index (χ3v) is 6.38. The quantitative estimate of drug-likeness (QED) is 0.408. The van der Waals surface area contributed by atoms with E-state index >= 15 is 4.39 Å². The van der Waals surface area contributed by atoms with Crippen LogP contribution in [0.2, 0.25) is 0 Å². The fourth-order valence-corrected chi connectivity index (χ4v) is 4.75. The van der Waals surface area contributed by atoms with Gasteiger partial charge >= 0.3 is 5.97 Å². The van der Waals surface area contributed by atoms with Gasteiger partial charge in [-0.1, -0.05) is 30.3 Å². The molecule has 1 unspecified atom stereocenters. The first kappa shape index (κ1) is 22.7. The zero-order chi connectivity index (χ0) is 24.7. The monoisotopic (exact) mass is 476 g/mol. The van der Waals surface area contributed by atoms with Crippen LogP contribution in [-0.2, 0) is 17.8 Å². The maximum absolute atomic E-state index is 15.3. The van der Waals surface area contributed by atoms with Crippen LogP contribution in [-0.4, -0.2) is 31.8 Å². The Morgan fingerprint density at radius 1 is 1.20 bits per heavy atom. The molecule has 0 amide bonds. The molecule has 0 bridgehead atoms. The van der Waals surface area contributed by atoms with E-state index in [9.17, 15) is 9.90 Å². The molecule has 180 valence electrons. The first-order valence-corrected chi connectivity index (χ1v) is 11.2. The second-order valence-corrected chi connectivity index (χ2v) is 8.52. The van der Waals surface area contributed by atoms with Crippen LogP contribution in [0.15, 0.2) is 59.2 Å². The number of hydrogen-bond donors (Lipinski definition) is 2. The van der Waals surface area contributed by atoms with Gasteiger partial charge in [0.05, 0.1) is 37.4 Å². The number of hydrogen-bond acceptors (Lipinski definition) is 6. The van der Waals surface area contributed by atoms with Gasteiger partial charge in [-0.25, -0.2) is 4.39 Å². The maximum Gasteiger partial charge on any atom is 0.307 e. The minimum absolute atomic E-state index is 0.0731. The molecule has 0 fully saturated rings. The summed E-state index contributed by atoms with van der Waals surface area (Å²) in [5, 5.41) is 10.1. The number of nitrogens with two attached hydrogens (primary N) is 1. The molecule has 0 radical (unpaired) electrons. The molecule has 1 aromatic heterocycles. The number of furan rings is 1. The van der Waals surface area contributed by atoms with E-state index in [0.717, 1.165) is 5.69 Å². The molecule has 8 heteroatoms. The van der Waals surface area contributed by atoms with E-state index in [1.54, 1.807) is 43.7 Å². The highest BCUT2D eigenvalue weighted by atomic mass is 19.1. The van der Waals surface area contributed by atoms with Crippen molar-refractivity contribution in [3.63, 3.8) is 0 Å². The van der Waals surface area contributed by atoms with Crippen molar-refractivity contribution in [2.45, 2.75) is 19.1 Å². The van der Waals surface area contributed by atoms with Crippen LogP contribution < -0.4 is 20.1 Å². The summed E-state index contributed by atoms with van der Waals surface area (Å²) in [6, 6.07) is 14.2. The zero-order valence-electron chi connectivity index (χ0n) is 19.4. The fraction of sp³-hybridized carbons (Fsp3) is 0.222. The Kier molecular flexibility index (Phi) is 5.82. The lowest BCUT2D eigenvalue weighted by Gasteiger charge is -2.35. The predicted molar refractivity (Wildman–Crippen MR) is 130 cm³/mol. The molecule has 4 aromatic rings. The molecule has 0 spiro atoms. The minimum Gasteiger partial charge on any atom is -0.496 e. The third-order valence-electron chi connectivity index (χ3n) is 6.38. The van der Waals surface area contributed by atoms with Crippen LogP contribution in [0.25, 0.3) is 22.1 Å². The van der Waals surface area contributed by atoms with E-state index in [4.69, 9.17) is 19.6 Å². The van der Waals surface area contributed by atoms with Gasteiger partial charge in [0, 0.05) is 41.4 Å². The number of nitrogens with zero attached hydrogens (tertiary/aromatic N) is 1. The number of anilines is 1. The molecule has 3 N–H and O–H groups in total. The second-order valence-electron chi connectivity index (χ2n) is 8.52. The van der Waals surface area contributed by atoms with E-state index in [0.29, 0.717) is 56.8 Å². The summed E-state index contributed by atoms with van der Waals surface area (Å²) in [4.78, 5) is 13.5. The standard InChI is InChI=1S/C27H25FN2O5/c1-30-14-22(35-25-15(11-23(31)32)5-4-8-21(25)30)20-12-19(17-7-3-6-16(13-29)24(17)28)27-18(9-10-34-27)26(20)33-2/h3-10,12,22H,11,13-14,29H2,1-2H3,(H,31,32). The smallest absolute Gasteiger partial charge is 0.307 e. The number of likely N-dealkylation sites (N-methyl/N-ethyl adjacent to an activating group) is 1. The number of para-hydroxylation sites is 1. The Hall–Kier alpha value is -4.04. The first-order chi connectivity index (χ1) is 16.9. The Morgan fingerprint density at radius 2 is 1.97 bits per heavy atom. The Labute approximate surface area is 201 Å². The van der Waals surface area contributed by atoms with E-state index in [-0.39, 0.29) is 13.0 Å². The number of rotatable bonds is 6. The third kappa shape index (κ3) is 3.85.